The van der Waals surface area contributed by atoms with Crippen LogP contribution < -0.4 is 0 Å². The predicted molar refractivity (Wildman–Crippen MR) is 206 cm³/mol. The summed E-state index contributed by atoms with van der Waals surface area (Å²) in [5.74, 6) is 0.0993. The van der Waals surface area contributed by atoms with E-state index in [0.29, 0.717) is 44.2 Å². The number of esters is 2. The number of hydrogen-bond acceptors (Lipinski definition) is 9. The van der Waals surface area contributed by atoms with Gasteiger partial charge in [-0.25, -0.2) is 0 Å². The topological polar surface area (TPSA) is 121 Å². The Kier molecular flexibility index (Phi) is 13.1. The third-order valence-electron chi connectivity index (χ3n) is 10.9. The van der Waals surface area contributed by atoms with Gasteiger partial charge in [0, 0.05) is 29.1 Å². The van der Waals surface area contributed by atoms with E-state index in [9.17, 15) is 19.8 Å². The van der Waals surface area contributed by atoms with Gasteiger partial charge in [-0.05, 0) is 83.7 Å². The number of aromatic hydroxyl groups is 2. The van der Waals surface area contributed by atoms with Gasteiger partial charge in [-0.15, -0.1) is 0 Å². The summed E-state index contributed by atoms with van der Waals surface area (Å²) < 4.78 is 30.4. The van der Waals surface area contributed by atoms with Gasteiger partial charge in [0.25, 0.3) is 0 Å². The van der Waals surface area contributed by atoms with Gasteiger partial charge in [-0.3, -0.25) is 9.59 Å². The van der Waals surface area contributed by atoms with Crippen LogP contribution in [-0.4, -0.2) is 67.6 Å². The van der Waals surface area contributed by atoms with Crippen molar-refractivity contribution in [3.05, 3.63) is 57.6 Å². The van der Waals surface area contributed by atoms with Crippen molar-refractivity contribution in [2.24, 2.45) is 16.2 Å². The normalized spacial score (nSPS) is 21.4. The van der Waals surface area contributed by atoms with Crippen molar-refractivity contribution in [1.29, 1.82) is 0 Å². The molecular formula is C44H66O9. The van der Waals surface area contributed by atoms with Crippen LogP contribution >= 0.6 is 0 Å². The maximum absolute atomic E-state index is 12.8. The minimum absolute atomic E-state index is 0.0749. The average molecular weight is 739 g/mol. The lowest BCUT2D eigenvalue weighted by atomic mass is 9.75. The Balaban J connectivity index is 1.19. The molecule has 0 radical (unpaired) electrons. The van der Waals surface area contributed by atoms with E-state index in [1.807, 2.05) is 52.0 Å². The fourth-order valence-electron chi connectivity index (χ4n) is 7.23. The highest BCUT2D eigenvalue weighted by atomic mass is 16.7. The first kappa shape index (κ1) is 42.6. The summed E-state index contributed by atoms with van der Waals surface area (Å²) in [5.41, 5.74) is 3.80. The van der Waals surface area contributed by atoms with Crippen LogP contribution in [-0.2, 0) is 56.9 Å². The van der Waals surface area contributed by atoms with Crippen LogP contribution in [0.5, 0.6) is 11.5 Å². The minimum Gasteiger partial charge on any atom is -0.507 e. The highest BCUT2D eigenvalue weighted by molar-refractivity contribution is 5.70. The second-order valence-corrected chi connectivity index (χ2v) is 19.2. The van der Waals surface area contributed by atoms with E-state index in [1.165, 1.54) is 0 Å². The Hall–Kier alpha value is -3.14. The van der Waals surface area contributed by atoms with E-state index >= 15 is 0 Å². The van der Waals surface area contributed by atoms with Crippen LogP contribution in [0.25, 0.3) is 0 Å². The Labute approximate surface area is 318 Å². The van der Waals surface area contributed by atoms with E-state index < -0.39 is 11.7 Å². The van der Waals surface area contributed by atoms with Gasteiger partial charge in [0.2, 0.25) is 0 Å². The van der Waals surface area contributed by atoms with Crippen LogP contribution in [0.2, 0.25) is 0 Å². The number of aryl methyl sites for hydroxylation is 4. The van der Waals surface area contributed by atoms with Crippen molar-refractivity contribution < 1.29 is 43.5 Å². The summed E-state index contributed by atoms with van der Waals surface area (Å²) in [6.07, 6.45) is 2.65. The van der Waals surface area contributed by atoms with E-state index in [2.05, 4.69) is 55.4 Å². The predicted octanol–water partition coefficient (Wildman–Crippen LogP) is 8.55. The number of ether oxygens (including phenoxy) is 5. The van der Waals surface area contributed by atoms with Crippen molar-refractivity contribution in [2.45, 2.75) is 145 Å². The standard InChI is InChI=1S/C44H66O9/c1-28-19-30(21-32(37(28)47)40(3,4)5)13-15-35(45)50-23-42(9,10)34-17-18-44(25-49-34)26-52-39(53-27-44)43(11,12)24-51-36(46)16-14-31-20-29(2)38(48)33(22-31)41(6,7)8/h19-22,34,39,47-48H,13-18,23-27H2,1-12H3. The van der Waals surface area contributed by atoms with Crippen LogP contribution in [0, 0.1) is 30.1 Å². The summed E-state index contributed by atoms with van der Waals surface area (Å²) in [4.78, 5) is 25.6. The molecule has 2 fully saturated rings. The van der Waals surface area contributed by atoms with Crippen LogP contribution in [0.3, 0.4) is 0 Å². The Morgan fingerprint density at radius 1 is 0.679 bits per heavy atom. The number of benzene rings is 2. The maximum Gasteiger partial charge on any atom is 0.306 e. The molecule has 2 heterocycles. The molecule has 1 unspecified atom stereocenters. The first-order valence-corrected chi connectivity index (χ1v) is 19.2. The van der Waals surface area contributed by atoms with E-state index in [4.69, 9.17) is 23.7 Å². The largest absolute Gasteiger partial charge is 0.507 e. The molecule has 2 aromatic carbocycles. The molecule has 0 saturated carbocycles. The van der Waals surface area contributed by atoms with Gasteiger partial charge < -0.3 is 33.9 Å². The fraction of sp³-hybridized carbons (Fsp3) is 0.682. The number of hydrogen-bond donors (Lipinski definition) is 2. The summed E-state index contributed by atoms with van der Waals surface area (Å²) in [6, 6.07) is 7.85. The third kappa shape index (κ3) is 11.0. The summed E-state index contributed by atoms with van der Waals surface area (Å²) in [6.45, 7) is 26.2. The van der Waals surface area contributed by atoms with Crippen LogP contribution in [0.1, 0.15) is 128 Å². The lowest BCUT2D eigenvalue weighted by Gasteiger charge is -2.49. The molecule has 0 amide bonds. The average Bonchev–Trinajstić information content (AvgIpc) is 3.06. The van der Waals surface area contributed by atoms with Gasteiger partial charge in [0.1, 0.15) is 18.1 Å². The van der Waals surface area contributed by atoms with Gasteiger partial charge in [-0.1, -0.05) is 93.5 Å². The molecule has 2 aliphatic rings. The van der Waals surface area contributed by atoms with Crippen molar-refractivity contribution in [3.8, 4) is 11.5 Å². The highest BCUT2D eigenvalue weighted by Crippen LogP contribution is 2.43. The van der Waals surface area contributed by atoms with Crippen LogP contribution in [0.15, 0.2) is 24.3 Å². The SMILES string of the molecule is Cc1cc(CCC(=O)OCC(C)(C)C2CCC3(CO2)COC(C(C)(C)COC(=O)CCc2cc(C)c(O)c(C(C)(C)C)c2)OC3)cc(C(C)(C)C)c1O. The molecule has 1 spiro atoms. The molecule has 4 rings (SSSR count). The zero-order chi connectivity index (χ0) is 39.6. The maximum atomic E-state index is 12.8. The lowest BCUT2D eigenvalue weighted by molar-refractivity contribution is -0.294. The smallest absolute Gasteiger partial charge is 0.306 e. The minimum atomic E-state index is -0.550. The third-order valence-corrected chi connectivity index (χ3v) is 10.9. The number of rotatable bonds is 12. The second kappa shape index (κ2) is 16.3. The molecular weight excluding hydrogens is 672 g/mol. The Bertz CT molecular complexity index is 1470. The number of carbonyl (C=O) groups excluding carboxylic acids is 2. The lowest BCUT2D eigenvalue weighted by Crippen LogP contribution is -2.54. The second-order valence-electron chi connectivity index (χ2n) is 19.2. The van der Waals surface area contributed by atoms with E-state index in [1.54, 1.807) is 0 Å². The first-order valence-electron chi connectivity index (χ1n) is 19.2. The highest BCUT2D eigenvalue weighted by Gasteiger charge is 2.47. The van der Waals surface area contributed by atoms with Crippen LogP contribution in [0.4, 0.5) is 0 Å². The molecule has 0 aromatic heterocycles. The quantitative estimate of drug-likeness (QED) is 0.206. The van der Waals surface area contributed by atoms with E-state index in [0.717, 1.165) is 46.2 Å². The molecule has 9 nitrogen and oxygen atoms in total. The molecule has 9 heteroatoms. The van der Waals surface area contributed by atoms with Gasteiger partial charge >= 0.3 is 11.9 Å². The summed E-state index contributed by atoms with van der Waals surface area (Å²) in [5, 5.41) is 21.1. The van der Waals surface area contributed by atoms with Crippen molar-refractivity contribution in [1.82, 2.24) is 0 Å². The number of phenolic OH excluding ortho intramolecular Hbond substituents is 2. The molecule has 53 heavy (non-hydrogen) atoms. The van der Waals surface area contributed by atoms with Crippen molar-refractivity contribution in [3.63, 3.8) is 0 Å². The number of carbonyl (C=O) groups is 2. The number of phenols is 2. The molecule has 296 valence electrons. The molecule has 1 atom stereocenters. The zero-order valence-electron chi connectivity index (χ0n) is 34.5. The molecule has 2 N–H and O–H groups in total. The molecule has 0 aliphatic carbocycles. The van der Waals surface area contributed by atoms with Crippen molar-refractivity contribution >= 4 is 11.9 Å². The fourth-order valence-corrected chi connectivity index (χ4v) is 7.23. The summed E-state index contributed by atoms with van der Waals surface area (Å²) >= 11 is 0. The van der Waals surface area contributed by atoms with Gasteiger partial charge in [0.05, 0.1) is 32.5 Å². The van der Waals surface area contributed by atoms with E-state index in [-0.39, 0.29) is 65.8 Å². The van der Waals surface area contributed by atoms with Gasteiger partial charge in [0.15, 0.2) is 6.29 Å². The first-order chi connectivity index (χ1) is 24.4. The molecule has 0 bridgehead atoms. The van der Waals surface area contributed by atoms with Gasteiger partial charge in [-0.2, -0.15) is 0 Å². The van der Waals surface area contributed by atoms with Crippen molar-refractivity contribution in [2.75, 3.05) is 33.0 Å². The zero-order valence-corrected chi connectivity index (χ0v) is 34.5. The monoisotopic (exact) mass is 738 g/mol. The summed E-state index contributed by atoms with van der Waals surface area (Å²) in [7, 11) is 0. The molecule has 2 aromatic rings. The Morgan fingerprint density at radius 2 is 1.09 bits per heavy atom. The molecule has 2 aliphatic heterocycles. The Morgan fingerprint density at radius 3 is 1.49 bits per heavy atom. The molecule has 2 saturated heterocycles.